The second kappa shape index (κ2) is 13.3. The number of halogens is 1. The zero-order valence-electron chi connectivity index (χ0n) is 16.1. The summed E-state index contributed by atoms with van der Waals surface area (Å²) in [7, 11) is 1.37. The molecule has 5 atom stereocenters. The maximum absolute atomic E-state index is 11.0. The molecule has 0 bridgehead atoms. The van der Waals surface area contributed by atoms with Crippen LogP contribution in [0.15, 0.2) is 24.3 Å². The molecular formula is C21H35ClO4. The molecule has 1 aliphatic rings. The Morgan fingerprint density at radius 2 is 2.08 bits per heavy atom. The van der Waals surface area contributed by atoms with Gasteiger partial charge in [0.2, 0.25) is 0 Å². The third kappa shape index (κ3) is 8.70. The molecule has 0 radical (unpaired) electrons. The van der Waals surface area contributed by atoms with Crippen molar-refractivity contribution in [2.75, 3.05) is 7.11 Å². The molecule has 1 fully saturated rings. The topological polar surface area (TPSA) is 66.8 Å². The number of alkyl halides is 1. The number of esters is 1. The van der Waals surface area contributed by atoms with E-state index in [9.17, 15) is 15.0 Å². The molecule has 0 heterocycles. The van der Waals surface area contributed by atoms with Gasteiger partial charge >= 0.3 is 5.97 Å². The Morgan fingerprint density at radius 3 is 2.77 bits per heavy atom. The first-order valence-corrected chi connectivity index (χ1v) is 10.4. The zero-order chi connectivity index (χ0) is 19.4. The van der Waals surface area contributed by atoms with Crippen LogP contribution in [0.25, 0.3) is 0 Å². The van der Waals surface area contributed by atoms with Crippen LogP contribution in [-0.2, 0) is 9.53 Å². The lowest BCUT2D eigenvalue weighted by molar-refractivity contribution is -0.134. The van der Waals surface area contributed by atoms with Crippen molar-refractivity contribution in [3.05, 3.63) is 24.3 Å². The van der Waals surface area contributed by atoms with E-state index < -0.39 is 12.2 Å². The van der Waals surface area contributed by atoms with Gasteiger partial charge in [-0.15, -0.1) is 11.6 Å². The van der Waals surface area contributed by atoms with Crippen molar-refractivity contribution in [3.63, 3.8) is 0 Å². The number of hydrogen-bond acceptors (Lipinski definition) is 4. The first kappa shape index (κ1) is 23.2. The molecule has 0 aromatic carbocycles. The van der Waals surface area contributed by atoms with Gasteiger partial charge in [-0.3, -0.25) is 0 Å². The maximum atomic E-state index is 11.0. The molecule has 0 amide bonds. The molecule has 0 aliphatic heterocycles. The molecule has 1 aliphatic carbocycles. The van der Waals surface area contributed by atoms with E-state index in [1.54, 1.807) is 0 Å². The molecule has 1 saturated carbocycles. The molecule has 0 spiro atoms. The average Bonchev–Trinajstić information content (AvgIpc) is 2.89. The molecule has 0 aromatic heterocycles. The van der Waals surface area contributed by atoms with Crippen LogP contribution in [-0.4, -0.2) is 40.9 Å². The summed E-state index contributed by atoms with van der Waals surface area (Å²) in [5, 5.41) is 20.3. The largest absolute Gasteiger partial charge is 0.466 e. The Bertz CT molecular complexity index is 449. The van der Waals surface area contributed by atoms with E-state index in [0.29, 0.717) is 6.42 Å². The van der Waals surface area contributed by atoms with Gasteiger partial charge in [-0.2, -0.15) is 0 Å². The summed E-state index contributed by atoms with van der Waals surface area (Å²) < 4.78 is 4.56. The van der Waals surface area contributed by atoms with Crippen molar-refractivity contribution < 1.29 is 19.7 Å². The minimum Gasteiger partial charge on any atom is -0.466 e. The normalized spacial score (nSPS) is 27.4. The first-order chi connectivity index (χ1) is 12.5. The summed E-state index contributed by atoms with van der Waals surface area (Å²) in [6.45, 7) is 2.15. The fourth-order valence-electron chi connectivity index (χ4n) is 3.58. The minimum atomic E-state index is -0.438. The van der Waals surface area contributed by atoms with Gasteiger partial charge in [0.25, 0.3) is 0 Å². The molecule has 4 nitrogen and oxygen atoms in total. The van der Waals surface area contributed by atoms with Gasteiger partial charge < -0.3 is 14.9 Å². The number of rotatable bonds is 12. The summed E-state index contributed by atoms with van der Waals surface area (Å²) in [5.74, 6) is -0.0771. The van der Waals surface area contributed by atoms with Crippen LogP contribution in [0.2, 0.25) is 0 Å². The maximum Gasteiger partial charge on any atom is 0.330 e. The SMILES string of the molecule is CCCCC[C@H](O)/C=C/[C@@H]1[C@@H](CCCC/C=C/C(=O)OC)[C@H](Cl)C[C@H]1O. The second-order valence-electron chi connectivity index (χ2n) is 7.22. The zero-order valence-corrected chi connectivity index (χ0v) is 16.9. The molecular weight excluding hydrogens is 352 g/mol. The predicted octanol–water partition coefficient (Wildman–Crippen LogP) is 4.38. The predicted molar refractivity (Wildman–Crippen MR) is 106 cm³/mol. The highest BCUT2D eigenvalue weighted by Crippen LogP contribution is 2.40. The number of allylic oxidation sites excluding steroid dienone is 1. The van der Waals surface area contributed by atoms with Gasteiger partial charge in [0.05, 0.1) is 19.3 Å². The summed E-state index contributed by atoms with van der Waals surface area (Å²) in [6.07, 6.45) is 14.6. The fourth-order valence-corrected chi connectivity index (χ4v) is 4.06. The van der Waals surface area contributed by atoms with E-state index in [-0.39, 0.29) is 23.2 Å². The summed E-state index contributed by atoms with van der Waals surface area (Å²) >= 11 is 6.45. The van der Waals surface area contributed by atoms with Crippen LogP contribution in [0.5, 0.6) is 0 Å². The van der Waals surface area contributed by atoms with Gasteiger partial charge in [-0.1, -0.05) is 50.8 Å². The van der Waals surface area contributed by atoms with Crippen molar-refractivity contribution in [2.45, 2.75) is 82.3 Å². The third-order valence-corrected chi connectivity index (χ3v) is 5.64. The van der Waals surface area contributed by atoms with E-state index >= 15 is 0 Å². The number of aliphatic hydroxyl groups excluding tert-OH is 2. The van der Waals surface area contributed by atoms with Gasteiger partial charge in [0.15, 0.2) is 0 Å². The van der Waals surface area contributed by atoms with E-state index in [4.69, 9.17) is 11.6 Å². The van der Waals surface area contributed by atoms with Crippen molar-refractivity contribution in [2.24, 2.45) is 11.8 Å². The van der Waals surface area contributed by atoms with Crippen LogP contribution < -0.4 is 0 Å². The van der Waals surface area contributed by atoms with E-state index in [2.05, 4.69) is 11.7 Å². The van der Waals surface area contributed by atoms with Gasteiger partial charge in [-0.05, 0) is 38.0 Å². The van der Waals surface area contributed by atoms with Crippen LogP contribution in [0.3, 0.4) is 0 Å². The van der Waals surface area contributed by atoms with Gasteiger partial charge in [-0.25, -0.2) is 4.79 Å². The highest BCUT2D eigenvalue weighted by atomic mass is 35.5. The molecule has 0 unspecified atom stereocenters. The van der Waals surface area contributed by atoms with Crippen LogP contribution >= 0.6 is 11.6 Å². The van der Waals surface area contributed by atoms with E-state index in [0.717, 1.165) is 51.4 Å². The Hall–Kier alpha value is -0.840. The lowest BCUT2D eigenvalue weighted by Gasteiger charge is -2.21. The number of unbranched alkanes of at least 4 members (excludes halogenated alkanes) is 4. The number of ether oxygens (including phenoxy) is 1. The highest BCUT2D eigenvalue weighted by Gasteiger charge is 2.39. The van der Waals surface area contributed by atoms with Gasteiger partial charge in [0, 0.05) is 17.4 Å². The molecule has 0 saturated heterocycles. The number of carbonyl (C=O) groups excluding carboxylic acids is 1. The summed E-state index contributed by atoms with van der Waals surface area (Å²) in [4.78, 5) is 11.0. The molecule has 0 aromatic rings. The van der Waals surface area contributed by atoms with E-state index in [1.807, 2.05) is 18.2 Å². The molecule has 26 heavy (non-hydrogen) atoms. The molecule has 2 N–H and O–H groups in total. The standard InChI is InChI=1S/C21H35ClO4/c1-3-4-7-10-16(23)13-14-18-17(19(22)15-20(18)24)11-8-5-6-9-12-21(25)26-2/h9,12-14,16-20,23-24H,3-8,10-11,15H2,1-2H3/b12-9+,14-13+/t16-,17+,18+,19+,20+/m0/s1. The summed E-state index contributed by atoms with van der Waals surface area (Å²) in [6, 6.07) is 0. The number of carbonyl (C=O) groups is 1. The lowest BCUT2D eigenvalue weighted by atomic mass is 9.88. The second-order valence-corrected chi connectivity index (χ2v) is 7.78. The monoisotopic (exact) mass is 386 g/mol. The Kier molecular flexibility index (Phi) is 11.9. The van der Waals surface area contributed by atoms with Gasteiger partial charge in [0.1, 0.15) is 0 Å². The van der Waals surface area contributed by atoms with Crippen molar-refractivity contribution >= 4 is 17.6 Å². The van der Waals surface area contributed by atoms with E-state index in [1.165, 1.54) is 13.2 Å². The van der Waals surface area contributed by atoms with Crippen LogP contribution in [0.4, 0.5) is 0 Å². The van der Waals surface area contributed by atoms with Crippen LogP contribution in [0, 0.1) is 11.8 Å². The molecule has 5 heteroatoms. The smallest absolute Gasteiger partial charge is 0.330 e. The lowest BCUT2D eigenvalue weighted by Crippen LogP contribution is -2.19. The number of aliphatic hydroxyl groups is 2. The Labute approximate surface area is 163 Å². The Morgan fingerprint density at radius 1 is 1.31 bits per heavy atom. The minimum absolute atomic E-state index is 0.0175. The first-order valence-electron chi connectivity index (χ1n) is 9.92. The molecule has 1 rings (SSSR count). The van der Waals surface area contributed by atoms with Crippen LogP contribution in [0.1, 0.15) is 64.7 Å². The van der Waals surface area contributed by atoms with Crippen molar-refractivity contribution in [3.8, 4) is 0 Å². The number of hydrogen-bond donors (Lipinski definition) is 2. The fraction of sp³-hybridized carbons (Fsp3) is 0.762. The van der Waals surface area contributed by atoms with Crippen molar-refractivity contribution in [1.82, 2.24) is 0 Å². The third-order valence-electron chi connectivity index (χ3n) is 5.14. The Balaban J connectivity index is 2.41. The summed E-state index contributed by atoms with van der Waals surface area (Å²) in [5.41, 5.74) is 0. The highest BCUT2D eigenvalue weighted by molar-refractivity contribution is 6.21. The number of methoxy groups -OCH3 is 1. The quantitative estimate of drug-likeness (QED) is 0.172. The average molecular weight is 387 g/mol. The molecule has 150 valence electrons. The van der Waals surface area contributed by atoms with Crippen molar-refractivity contribution in [1.29, 1.82) is 0 Å².